The van der Waals surface area contributed by atoms with E-state index in [-0.39, 0.29) is 36.1 Å². The first-order chi connectivity index (χ1) is 14.9. The molecule has 2 aromatic carbocycles. The molecule has 2 aromatic rings. The van der Waals surface area contributed by atoms with E-state index < -0.39 is 16.0 Å². The minimum atomic E-state index is -3.74. The second-order valence-corrected chi connectivity index (χ2v) is 9.00. The summed E-state index contributed by atoms with van der Waals surface area (Å²) in [6.45, 7) is 0.295. The van der Waals surface area contributed by atoms with Gasteiger partial charge in [-0.1, -0.05) is 30.3 Å². The van der Waals surface area contributed by atoms with Crippen LogP contribution < -0.4 is 10.2 Å². The van der Waals surface area contributed by atoms with Gasteiger partial charge in [0.2, 0.25) is 0 Å². The summed E-state index contributed by atoms with van der Waals surface area (Å²) in [5.74, 6) is -0.465. The summed E-state index contributed by atoms with van der Waals surface area (Å²) in [5, 5.41) is 2.99. The first-order valence-electron chi connectivity index (χ1n) is 10.2. The minimum Gasteiger partial charge on any atom is -0.456 e. The molecular formula is C22H23N3O5S. The van der Waals surface area contributed by atoms with Crippen molar-refractivity contribution < 1.29 is 22.7 Å². The molecular weight excluding hydrogens is 418 g/mol. The Kier molecular flexibility index (Phi) is 6.03. The van der Waals surface area contributed by atoms with Crippen molar-refractivity contribution in [2.75, 3.05) is 23.4 Å². The van der Waals surface area contributed by atoms with Crippen LogP contribution in [0.2, 0.25) is 0 Å². The molecule has 0 saturated heterocycles. The van der Waals surface area contributed by atoms with Gasteiger partial charge in [0.05, 0.1) is 5.69 Å². The van der Waals surface area contributed by atoms with Gasteiger partial charge in [0.1, 0.15) is 10.7 Å². The summed E-state index contributed by atoms with van der Waals surface area (Å²) >= 11 is 0. The van der Waals surface area contributed by atoms with E-state index in [0.29, 0.717) is 18.7 Å². The Morgan fingerprint density at radius 2 is 1.87 bits per heavy atom. The van der Waals surface area contributed by atoms with Crippen molar-refractivity contribution in [3.8, 4) is 0 Å². The zero-order chi connectivity index (χ0) is 21.8. The molecule has 1 amide bonds. The van der Waals surface area contributed by atoms with Gasteiger partial charge >= 0.3 is 5.97 Å². The molecule has 0 aliphatic carbocycles. The summed E-state index contributed by atoms with van der Waals surface area (Å²) in [7, 11) is -3.74. The average Bonchev–Trinajstić information content (AvgIpc) is 2.76. The molecule has 1 N–H and O–H groups in total. The third-order valence-electron chi connectivity index (χ3n) is 5.24. The van der Waals surface area contributed by atoms with Crippen molar-refractivity contribution in [1.29, 1.82) is 0 Å². The third-order valence-corrected chi connectivity index (χ3v) is 6.61. The lowest BCUT2D eigenvalue weighted by molar-refractivity contribution is -0.147. The normalized spacial score (nSPS) is 16.4. The van der Waals surface area contributed by atoms with Gasteiger partial charge in [-0.25, -0.2) is 0 Å². The molecule has 2 aliphatic rings. The zero-order valence-corrected chi connectivity index (χ0v) is 17.7. The quantitative estimate of drug-likeness (QED) is 0.691. The molecule has 0 bridgehead atoms. The third kappa shape index (κ3) is 4.77. The van der Waals surface area contributed by atoms with Crippen molar-refractivity contribution in [3.05, 3.63) is 54.1 Å². The predicted octanol–water partition coefficient (Wildman–Crippen LogP) is 2.89. The number of ether oxygens (including phenoxy) is 1. The van der Waals surface area contributed by atoms with Crippen LogP contribution in [-0.2, 0) is 30.8 Å². The number of nitrogens with zero attached hydrogens (tertiary/aromatic N) is 2. The molecule has 0 fully saturated rings. The zero-order valence-electron chi connectivity index (χ0n) is 16.9. The van der Waals surface area contributed by atoms with Gasteiger partial charge < -0.3 is 15.0 Å². The molecule has 8 nitrogen and oxygen atoms in total. The van der Waals surface area contributed by atoms with Crippen molar-refractivity contribution in [3.63, 3.8) is 0 Å². The molecule has 0 atom stereocenters. The Bertz CT molecular complexity index is 1140. The van der Waals surface area contributed by atoms with E-state index >= 15 is 0 Å². The van der Waals surface area contributed by atoms with Gasteiger partial charge in [0.15, 0.2) is 6.61 Å². The van der Waals surface area contributed by atoms with Crippen LogP contribution in [0.3, 0.4) is 0 Å². The molecule has 0 radical (unpaired) electrons. The number of esters is 1. The molecule has 0 spiro atoms. The summed E-state index contributed by atoms with van der Waals surface area (Å²) < 4.78 is 33.4. The van der Waals surface area contributed by atoms with Gasteiger partial charge in [-0.3, -0.25) is 9.59 Å². The Hall–Kier alpha value is -3.20. The van der Waals surface area contributed by atoms with E-state index in [9.17, 15) is 18.0 Å². The van der Waals surface area contributed by atoms with Crippen LogP contribution in [0.1, 0.15) is 31.2 Å². The highest BCUT2D eigenvalue weighted by Crippen LogP contribution is 2.28. The van der Waals surface area contributed by atoms with Crippen LogP contribution in [0.4, 0.5) is 11.4 Å². The standard InChI is InChI=1S/C22H23N3O5S/c26-21(25-14-6-8-16-7-1-3-10-18(16)25)15-30-22(27)13-5-12-20-23-17-9-2-4-11-19(17)31(28,29)24-20/h1-4,7,9-11H,5-6,8,12-15H2,(H,23,24). The largest absolute Gasteiger partial charge is 0.456 e. The number of hydrogen-bond acceptors (Lipinski definition) is 6. The number of benzene rings is 2. The molecule has 2 heterocycles. The maximum atomic E-state index is 12.5. The van der Waals surface area contributed by atoms with E-state index in [1.165, 1.54) is 6.07 Å². The van der Waals surface area contributed by atoms with Gasteiger partial charge in [-0.2, -0.15) is 8.42 Å². The predicted molar refractivity (Wildman–Crippen MR) is 117 cm³/mol. The number of rotatable bonds is 6. The van der Waals surface area contributed by atoms with Crippen LogP contribution >= 0.6 is 0 Å². The van der Waals surface area contributed by atoms with E-state index in [0.717, 1.165) is 24.1 Å². The Morgan fingerprint density at radius 3 is 2.74 bits per heavy atom. The second kappa shape index (κ2) is 8.89. The number of anilines is 2. The lowest BCUT2D eigenvalue weighted by Crippen LogP contribution is -2.38. The van der Waals surface area contributed by atoms with E-state index in [1.54, 1.807) is 23.1 Å². The number of amides is 1. The summed E-state index contributed by atoms with van der Waals surface area (Å²) in [4.78, 5) is 26.4. The Labute approximate surface area is 181 Å². The van der Waals surface area contributed by atoms with Crippen molar-refractivity contribution in [2.45, 2.75) is 37.0 Å². The molecule has 4 rings (SSSR count). The number of nitrogens with one attached hydrogen (secondary N) is 1. The first kappa shape index (κ1) is 21.0. The number of fused-ring (bicyclic) bond motifs is 2. The van der Waals surface area contributed by atoms with Crippen LogP contribution in [0.25, 0.3) is 0 Å². The molecule has 2 aliphatic heterocycles. The molecule has 0 aromatic heterocycles. The lowest BCUT2D eigenvalue weighted by Gasteiger charge is -2.29. The molecule has 9 heteroatoms. The van der Waals surface area contributed by atoms with Crippen molar-refractivity contribution in [2.24, 2.45) is 4.40 Å². The fraction of sp³-hybridized carbons (Fsp3) is 0.318. The second-order valence-electron chi connectivity index (χ2n) is 7.43. The van der Waals surface area contributed by atoms with Gasteiger partial charge in [-0.05, 0) is 43.0 Å². The Balaban J connectivity index is 1.25. The highest BCUT2D eigenvalue weighted by molar-refractivity contribution is 7.90. The van der Waals surface area contributed by atoms with E-state index in [4.69, 9.17) is 4.74 Å². The smallest absolute Gasteiger partial charge is 0.306 e. The molecule has 0 unspecified atom stereocenters. The number of aryl methyl sites for hydroxylation is 1. The van der Waals surface area contributed by atoms with Gasteiger partial charge in [0, 0.05) is 25.1 Å². The van der Waals surface area contributed by atoms with Crippen molar-refractivity contribution >= 4 is 39.1 Å². The summed E-state index contributed by atoms with van der Waals surface area (Å²) in [5.41, 5.74) is 2.46. The number of carbonyl (C=O) groups excluding carboxylic acids is 2. The summed E-state index contributed by atoms with van der Waals surface area (Å²) in [6, 6.07) is 14.3. The fourth-order valence-corrected chi connectivity index (χ4v) is 4.93. The maximum absolute atomic E-state index is 12.5. The molecule has 31 heavy (non-hydrogen) atoms. The maximum Gasteiger partial charge on any atom is 0.306 e. The SMILES string of the molecule is O=C(CCCC1=NS(=O)(=O)c2ccccc2N1)OCC(=O)N1CCCc2ccccc21. The monoisotopic (exact) mass is 441 g/mol. The van der Waals surface area contributed by atoms with Crippen molar-refractivity contribution in [1.82, 2.24) is 0 Å². The highest BCUT2D eigenvalue weighted by atomic mass is 32.2. The van der Waals surface area contributed by atoms with Crippen LogP contribution in [0, 0.1) is 0 Å². The topological polar surface area (TPSA) is 105 Å². The highest BCUT2D eigenvalue weighted by Gasteiger charge is 2.25. The van der Waals surface area contributed by atoms with Crippen LogP contribution in [0.15, 0.2) is 57.8 Å². The molecule has 0 saturated carbocycles. The number of amidine groups is 1. The number of carbonyl (C=O) groups is 2. The number of hydrogen-bond donors (Lipinski definition) is 1. The first-order valence-corrected chi connectivity index (χ1v) is 11.6. The van der Waals surface area contributed by atoms with E-state index in [2.05, 4.69) is 9.71 Å². The van der Waals surface area contributed by atoms with Crippen LogP contribution in [0.5, 0.6) is 0 Å². The minimum absolute atomic E-state index is 0.0618. The average molecular weight is 442 g/mol. The lowest BCUT2D eigenvalue weighted by atomic mass is 10.0. The number of para-hydroxylation sites is 2. The van der Waals surface area contributed by atoms with Crippen LogP contribution in [-0.4, -0.2) is 39.3 Å². The fourth-order valence-electron chi connectivity index (χ4n) is 3.76. The molecule has 162 valence electrons. The summed E-state index contributed by atoms with van der Waals surface area (Å²) in [6.07, 6.45) is 2.49. The van der Waals surface area contributed by atoms with E-state index in [1.807, 2.05) is 24.3 Å². The number of sulfonamides is 1. The van der Waals surface area contributed by atoms with Gasteiger partial charge in [-0.15, -0.1) is 4.40 Å². The Morgan fingerprint density at radius 1 is 1.10 bits per heavy atom. The van der Waals surface area contributed by atoms with Gasteiger partial charge in [0.25, 0.3) is 15.9 Å².